The Morgan fingerprint density at radius 1 is 0.265 bits per heavy atom. The molecule has 4 heterocycles. The van der Waals surface area contributed by atoms with Crippen LogP contribution in [0.2, 0.25) is 0 Å². The summed E-state index contributed by atoms with van der Waals surface area (Å²) in [4.78, 5) is 171. The molecule has 10 aliphatic rings. The number of carbonyl (C=O) groups is 12. The fourth-order valence-electron chi connectivity index (χ4n) is 18.9. The number of aryl methyl sites for hydroxylation is 1. The maximum absolute atomic E-state index is 13.4. The van der Waals surface area contributed by atoms with E-state index in [9.17, 15) is 57.5 Å². The van der Waals surface area contributed by atoms with E-state index in [1.54, 1.807) is 24.3 Å². The van der Waals surface area contributed by atoms with Gasteiger partial charge in [0, 0.05) is 30.2 Å². The van der Waals surface area contributed by atoms with Crippen LogP contribution in [-0.4, -0.2) is 136 Å². The number of anilines is 1. The summed E-state index contributed by atoms with van der Waals surface area (Å²) in [5, 5.41) is 0. The van der Waals surface area contributed by atoms with E-state index < -0.39 is 35.7 Å². The number of imide groups is 8. The molecule has 6 saturated carbocycles. The molecule has 2 atom stereocenters. The Bertz CT molecular complexity index is 4220. The van der Waals surface area contributed by atoms with Crippen LogP contribution < -0.4 is 4.90 Å². The van der Waals surface area contributed by atoms with E-state index in [0.717, 1.165) is 220 Å². The van der Waals surface area contributed by atoms with E-state index in [4.69, 9.17) is 0 Å². The minimum absolute atomic E-state index is 0.00587. The second-order valence-corrected chi connectivity index (χ2v) is 32.7. The largest absolute Gasteiger partial charge is 0.338 e. The number of hydrogen-bond acceptors (Lipinski definition) is 12. The average Bonchev–Trinajstić information content (AvgIpc) is 0.667. The van der Waals surface area contributed by atoms with E-state index in [2.05, 4.69) is 0 Å². The van der Waals surface area contributed by atoms with Crippen molar-refractivity contribution in [2.24, 2.45) is 23.7 Å². The summed E-state index contributed by atoms with van der Waals surface area (Å²) in [5.41, 5.74) is 6.00. The molecule has 20 nitrogen and oxygen atoms in total. The second-order valence-electron chi connectivity index (χ2n) is 32.7. The molecule has 0 N–H and O–H groups in total. The molecule has 4 saturated heterocycles. The molecule has 113 heavy (non-hydrogen) atoms. The van der Waals surface area contributed by atoms with Gasteiger partial charge in [-0.15, -0.1) is 0 Å². The number of hydrogen-bond donors (Lipinski definition) is 0. The van der Waals surface area contributed by atoms with Crippen LogP contribution in [0.25, 0.3) is 0 Å². The Labute approximate surface area is 664 Å². The third kappa shape index (κ3) is 18.9. The Hall–Kier alpha value is -10.2. The van der Waals surface area contributed by atoms with Crippen LogP contribution in [0.4, 0.5) is 24.9 Å². The summed E-state index contributed by atoms with van der Waals surface area (Å²) >= 11 is 0. The lowest BCUT2D eigenvalue weighted by Crippen LogP contribution is -2.65. The molecular formula is C93H110N8O12. The molecule has 16 rings (SSSR count). The first kappa shape index (κ1) is 80.8. The van der Waals surface area contributed by atoms with Gasteiger partial charge in [-0.25, -0.2) is 24.1 Å². The summed E-state index contributed by atoms with van der Waals surface area (Å²) in [6, 6.07) is 52.6. The summed E-state index contributed by atoms with van der Waals surface area (Å²) in [5.74, 6) is -5.93. The molecule has 16 amide bonds. The van der Waals surface area contributed by atoms with E-state index in [-0.39, 0.29) is 109 Å². The Morgan fingerprint density at radius 2 is 0.566 bits per heavy atom. The quantitative estimate of drug-likeness (QED) is 0.0824. The van der Waals surface area contributed by atoms with Crippen molar-refractivity contribution < 1.29 is 57.5 Å². The van der Waals surface area contributed by atoms with Crippen molar-refractivity contribution in [3.05, 3.63) is 209 Å². The number of nitrogens with zero attached hydrogens (tertiary/aromatic N) is 8. The number of barbiturate groups is 4. The standard InChI is InChI=1S/C25H28N2O3.C23H24N2O3.C23H30N2O3.C22H28N2O3/c1-18-12-14-19(15-13-18)16-22-23(28)26(17-20-8-4-2-5-9-20)25(30)27(24(22)29)21-10-6-3-7-11-21;26-21-20(18-12-6-2-7-13-18)22(27)25(19-14-8-3-9-15-19)23(28)24(21)16-17-10-4-1-5-11-17;26-21-20(16-17-10-4-1-5-11-17)22(27)25(19-14-8-3-9-15-19)23(28)24(21)18-12-6-2-7-13-18;25-20-19(16-10-4-1-5-11-16)21(26)24(18-14-8-3-9-15-18)22(27)23(20)17-12-6-2-7-13-17/h2,4-5,8-9,12-15,21-22H,3,6-7,10-11,16-17H2,1H3;1,3-5,8-11,14-15,18,20H,2,6-7,12-13,16H2;1,4-5,10-11,18-20H,2-3,6-9,12-16H2;1,4-5,10-11,17-19H,2-3,6-9,12-15H2. The summed E-state index contributed by atoms with van der Waals surface area (Å²) in [6.07, 6.45) is 30.2. The zero-order chi connectivity index (χ0) is 78.9. The van der Waals surface area contributed by atoms with E-state index in [1.165, 1.54) is 39.2 Å². The number of amides is 16. The van der Waals surface area contributed by atoms with Gasteiger partial charge in [-0.3, -0.25) is 72.7 Å². The SMILES string of the molecule is Cc1ccc(CC2C(=O)N(Cc3ccccc3)C(=O)N(C3CCCCC3)C2=O)cc1.O=C1C(C2CCCCC2)C(=O)N(c2ccccc2)C(=O)N1Cc1ccccc1.O=C1C(Cc2ccccc2)C(=O)N(C2CCCCC2)C(=O)N1C1CCCCC1.O=C1C(c2ccccc2)C(=O)N(C2CCCCC2)C(=O)N1C1CCCCC1. The predicted octanol–water partition coefficient (Wildman–Crippen LogP) is 17.4. The van der Waals surface area contributed by atoms with Crippen molar-refractivity contribution in [3.63, 3.8) is 0 Å². The lowest BCUT2D eigenvalue weighted by molar-refractivity contribution is -0.154. The molecular weight excluding hydrogens is 1420 g/mol. The first-order valence-electron chi connectivity index (χ1n) is 42.1. The van der Waals surface area contributed by atoms with Crippen molar-refractivity contribution in [3.8, 4) is 0 Å². The van der Waals surface area contributed by atoms with E-state index in [1.807, 2.05) is 159 Å². The fraction of sp³-hybridized carbons (Fsp3) is 0.484. The predicted molar refractivity (Wildman–Crippen MR) is 429 cm³/mol. The van der Waals surface area contributed by atoms with Gasteiger partial charge in [0.05, 0.1) is 18.8 Å². The molecule has 10 fully saturated rings. The van der Waals surface area contributed by atoms with Gasteiger partial charge >= 0.3 is 24.1 Å². The molecule has 4 aliphatic heterocycles. The molecule has 20 heteroatoms. The van der Waals surface area contributed by atoms with Crippen LogP contribution >= 0.6 is 0 Å². The van der Waals surface area contributed by atoms with Gasteiger partial charge in [-0.1, -0.05) is 285 Å². The van der Waals surface area contributed by atoms with Crippen LogP contribution in [0.1, 0.15) is 232 Å². The second kappa shape index (κ2) is 38.5. The Morgan fingerprint density at radius 3 is 0.947 bits per heavy atom. The molecule has 0 spiro atoms. The van der Waals surface area contributed by atoms with Crippen LogP contribution in [0.3, 0.4) is 0 Å². The molecule has 0 radical (unpaired) electrons. The van der Waals surface area contributed by atoms with Crippen molar-refractivity contribution >= 4 is 77.1 Å². The first-order valence-corrected chi connectivity index (χ1v) is 42.1. The molecule has 6 aliphatic carbocycles. The fourth-order valence-corrected chi connectivity index (χ4v) is 18.9. The summed E-state index contributed by atoms with van der Waals surface area (Å²) in [7, 11) is 0. The molecule has 594 valence electrons. The highest BCUT2D eigenvalue weighted by molar-refractivity contribution is 6.28. The number of para-hydroxylation sites is 1. The Kier molecular flexibility index (Phi) is 27.5. The first-order chi connectivity index (χ1) is 55.1. The van der Waals surface area contributed by atoms with Crippen LogP contribution in [-0.2, 0) is 64.3 Å². The van der Waals surface area contributed by atoms with Gasteiger partial charge in [0.15, 0.2) is 0 Å². The molecule has 6 aromatic rings. The minimum atomic E-state index is -0.882. The highest BCUT2D eigenvalue weighted by Gasteiger charge is 2.55. The van der Waals surface area contributed by atoms with Crippen molar-refractivity contribution in [2.45, 2.75) is 262 Å². The zero-order valence-corrected chi connectivity index (χ0v) is 65.5. The van der Waals surface area contributed by atoms with Gasteiger partial charge < -0.3 is 0 Å². The number of carbonyl (C=O) groups excluding carboxylic acids is 12. The molecule has 0 bridgehead atoms. The monoisotopic (exact) mass is 1530 g/mol. The van der Waals surface area contributed by atoms with Gasteiger partial charge in [0.25, 0.3) is 0 Å². The van der Waals surface area contributed by atoms with Crippen LogP contribution in [0.15, 0.2) is 176 Å². The maximum Gasteiger partial charge on any atom is 0.338 e. The average molecular weight is 1530 g/mol. The summed E-state index contributed by atoms with van der Waals surface area (Å²) < 4.78 is 0. The normalized spacial score (nSPS) is 22.3. The van der Waals surface area contributed by atoms with E-state index >= 15 is 0 Å². The maximum atomic E-state index is 13.4. The number of urea groups is 4. The van der Waals surface area contributed by atoms with Crippen molar-refractivity contribution in [2.75, 3.05) is 4.90 Å². The van der Waals surface area contributed by atoms with Gasteiger partial charge in [-0.2, -0.15) is 0 Å². The van der Waals surface area contributed by atoms with Crippen LogP contribution in [0, 0.1) is 30.6 Å². The zero-order valence-electron chi connectivity index (χ0n) is 65.5. The molecule has 0 aromatic heterocycles. The van der Waals surface area contributed by atoms with E-state index in [0.29, 0.717) is 24.1 Å². The van der Waals surface area contributed by atoms with Gasteiger partial charge in [0.2, 0.25) is 47.3 Å². The third-order valence-electron chi connectivity index (χ3n) is 25.0. The highest BCUT2D eigenvalue weighted by Crippen LogP contribution is 2.41. The van der Waals surface area contributed by atoms with Crippen LogP contribution in [0.5, 0.6) is 0 Å². The highest BCUT2D eigenvalue weighted by atomic mass is 16.2. The molecule has 6 aromatic carbocycles. The lowest BCUT2D eigenvalue weighted by Gasteiger charge is -2.45. The van der Waals surface area contributed by atoms with Gasteiger partial charge in [0.1, 0.15) is 23.7 Å². The van der Waals surface area contributed by atoms with Gasteiger partial charge in [-0.05, 0) is 143 Å². The number of rotatable bonds is 16. The topological polar surface area (TPSA) is 231 Å². The molecule has 2 unspecified atom stereocenters. The minimum Gasteiger partial charge on any atom is -0.273 e. The number of benzene rings is 6. The van der Waals surface area contributed by atoms with Crippen molar-refractivity contribution in [1.82, 2.24) is 34.3 Å². The lowest BCUT2D eigenvalue weighted by atomic mass is 9.78. The van der Waals surface area contributed by atoms with Crippen molar-refractivity contribution in [1.29, 1.82) is 0 Å². The Balaban J connectivity index is 0.000000132. The summed E-state index contributed by atoms with van der Waals surface area (Å²) in [6.45, 7) is 2.38. The smallest absolute Gasteiger partial charge is 0.273 e. The third-order valence-corrected chi connectivity index (χ3v) is 25.0.